The minimum absolute atomic E-state index is 0.0555. The number of anilines is 1. The van der Waals surface area contributed by atoms with Crippen molar-refractivity contribution in [3.8, 4) is 0 Å². The van der Waals surface area contributed by atoms with Crippen molar-refractivity contribution in [3.63, 3.8) is 0 Å². The molecule has 3 rings (SSSR count). The highest BCUT2D eigenvalue weighted by molar-refractivity contribution is 7.09. The van der Waals surface area contributed by atoms with Crippen molar-refractivity contribution in [1.29, 1.82) is 0 Å². The smallest absolute Gasteiger partial charge is 0.225 e. The normalized spacial score (nSPS) is 15.9. The molecule has 3 heterocycles. The molecule has 0 aromatic carbocycles. The average molecular weight is 450 g/mol. The van der Waals surface area contributed by atoms with Crippen LogP contribution in [0.15, 0.2) is 5.38 Å². The van der Waals surface area contributed by atoms with Gasteiger partial charge in [0.05, 0.1) is 5.01 Å². The summed E-state index contributed by atoms with van der Waals surface area (Å²) in [6, 6.07) is 0. The first kappa shape index (κ1) is 22.6. The molecular formula is C21H28ClN5O2S. The molecule has 1 fully saturated rings. The first-order chi connectivity index (χ1) is 14.2. The van der Waals surface area contributed by atoms with E-state index in [1.54, 1.807) is 5.38 Å². The third kappa shape index (κ3) is 5.55. The standard InChI is InChI=1S/C21H28ClN5O2S/c1-12(10-18(28)17-11-30-14(3)25-17)20(29)27-8-6-15(7-9-27)4-5-16-13(2)24-21(22)26-19(16)23/h11-12,15H,4-10H2,1-3H3,(H2,23,24,26)/t12-/m1/s1. The average Bonchev–Trinajstić information content (AvgIpc) is 3.13. The van der Waals surface area contributed by atoms with E-state index in [2.05, 4.69) is 15.0 Å². The zero-order valence-electron chi connectivity index (χ0n) is 17.7. The number of carbonyl (C=O) groups is 2. The maximum Gasteiger partial charge on any atom is 0.225 e. The van der Waals surface area contributed by atoms with Gasteiger partial charge < -0.3 is 10.6 Å². The summed E-state index contributed by atoms with van der Waals surface area (Å²) < 4.78 is 0. The first-order valence-corrected chi connectivity index (χ1v) is 11.5. The van der Waals surface area contributed by atoms with Crippen LogP contribution >= 0.6 is 22.9 Å². The van der Waals surface area contributed by atoms with Crippen LogP contribution in [0.2, 0.25) is 5.28 Å². The number of nitrogens with zero attached hydrogens (tertiary/aromatic N) is 4. The summed E-state index contributed by atoms with van der Waals surface area (Å²) in [4.78, 5) is 39.5. The molecule has 30 heavy (non-hydrogen) atoms. The number of aryl methyl sites for hydroxylation is 2. The molecule has 0 bridgehead atoms. The molecule has 2 N–H and O–H groups in total. The van der Waals surface area contributed by atoms with Gasteiger partial charge in [0.2, 0.25) is 11.2 Å². The van der Waals surface area contributed by atoms with E-state index in [1.807, 2.05) is 25.7 Å². The van der Waals surface area contributed by atoms with Crippen molar-refractivity contribution >= 4 is 40.4 Å². The number of hydrogen-bond acceptors (Lipinski definition) is 7. The Balaban J connectivity index is 1.46. The molecule has 1 aliphatic heterocycles. The Kier molecular flexibility index (Phi) is 7.41. The first-order valence-electron chi connectivity index (χ1n) is 10.3. The monoisotopic (exact) mass is 449 g/mol. The number of ketones is 1. The highest BCUT2D eigenvalue weighted by Gasteiger charge is 2.28. The number of nitrogen functional groups attached to an aromatic ring is 1. The van der Waals surface area contributed by atoms with Crippen LogP contribution in [0, 0.1) is 25.7 Å². The second-order valence-corrected chi connectivity index (χ2v) is 9.43. The molecule has 1 atom stereocenters. The molecule has 1 aliphatic rings. The Morgan fingerprint density at radius 3 is 2.57 bits per heavy atom. The van der Waals surface area contributed by atoms with Crippen molar-refractivity contribution in [1.82, 2.24) is 19.9 Å². The lowest BCUT2D eigenvalue weighted by Gasteiger charge is -2.33. The van der Waals surface area contributed by atoms with Crippen molar-refractivity contribution < 1.29 is 9.59 Å². The van der Waals surface area contributed by atoms with Gasteiger partial charge in [0.1, 0.15) is 11.5 Å². The molecule has 0 aliphatic carbocycles. The van der Waals surface area contributed by atoms with Crippen LogP contribution in [0.25, 0.3) is 0 Å². The second-order valence-electron chi connectivity index (χ2n) is 8.03. The van der Waals surface area contributed by atoms with Crippen LogP contribution in [-0.4, -0.2) is 44.6 Å². The second kappa shape index (κ2) is 9.83. The maximum absolute atomic E-state index is 12.8. The quantitative estimate of drug-likeness (QED) is 0.508. The van der Waals surface area contributed by atoms with Gasteiger partial charge in [-0.25, -0.2) is 15.0 Å². The lowest BCUT2D eigenvalue weighted by molar-refractivity contribution is -0.136. The van der Waals surface area contributed by atoms with Gasteiger partial charge in [-0.3, -0.25) is 9.59 Å². The fourth-order valence-corrected chi connectivity index (χ4v) is 4.79. The number of halogens is 1. The van der Waals surface area contributed by atoms with E-state index in [0.29, 0.717) is 17.4 Å². The van der Waals surface area contributed by atoms with E-state index in [9.17, 15) is 9.59 Å². The number of nitrogens with two attached hydrogens (primary N) is 1. The Labute approximate surface area is 186 Å². The Morgan fingerprint density at radius 1 is 1.27 bits per heavy atom. The molecule has 162 valence electrons. The molecule has 2 aromatic heterocycles. The Bertz CT molecular complexity index is 901. The van der Waals surface area contributed by atoms with Gasteiger partial charge in [-0.15, -0.1) is 11.3 Å². The van der Waals surface area contributed by atoms with Crippen molar-refractivity contribution in [3.05, 3.63) is 32.6 Å². The number of hydrogen-bond donors (Lipinski definition) is 1. The van der Waals surface area contributed by atoms with Crippen LogP contribution in [0.5, 0.6) is 0 Å². The highest BCUT2D eigenvalue weighted by atomic mass is 35.5. The zero-order chi connectivity index (χ0) is 21.8. The van der Waals surface area contributed by atoms with Gasteiger partial charge in [-0.2, -0.15) is 0 Å². The fourth-order valence-electron chi connectivity index (χ4n) is 3.96. The predicted octanol–water partition coefficient (Wildman–Crippen LogP) is 3.87. The summed E-state index contributed by atoms with van der Waals surface area (Å²) >= 11 is 7.30. The Hall–Kier alpha value is -2.06. The third-order valence-corrected chi connectivity index (χ3v) is 6.71. The van der Waals surface area contributed by atoms with Crippen molar-refractivity contribution in [2.75, 3.05) is 18.8 Å². The SMILES string of the molecule is Cc1nc(C(=O)C[C@@H](C)C(=O)N2CCC(CCc3c(C)nc(Cl)nc3N)CC2)cs1. The van der Waals surface area contributed by atoms with Crippen LogP contribution in [0.3, 0.4) is 0 Å². The number of aromatic nitrogens is 3. The minimum atomic E-state index is -0.329. The minimum Gasteiger partial charge on any atom is -0.383 e. The van der Waals surface area contributed by atoms with E-state index in [1.165, 1.54) is 11.3 Å². The predicted molar refractivity (Wildman–Crippen MR) is 119 cm³/mol. The van der Waals surface area contributed by atoms with Crippen molar-refractivity contribution in [2.45, 2.75) is 52.9 Å². The van der Waals surface area contributed by atoms with Gasteiger partial charge >= 0.3 is 0 Å². The summed E-state index contributed by atoms with van der Waals surface area (Å²) in [6.07, 6.45) is 3.90. The lowest BCUT2D eigenvalue weighted by atomic mass is 9.89. The molecule has 2 aromatic rings. The molecule has 9 heteroatoms. The molecule has 1 saturated heterocycles. The number of amides is 1. The summed E-state index contributed by atoms with van der Waals surface area (Å²) in [5.74, 6) is 0.644. The Morgan fingerprint density at radius 2 is 1.97 bits per heavy atom. The van der Waals surface area contributed by atoms with Gasteiger partial charge in [0.15, 0.2) is 5.78 Å². The molecule has 7 nitrogen and oxygen atoms in total. The topological polar surface area (TPSA) is 102 Å². The van der Waals surface area contributed by atoms with E-state index >= 15 is 0 Å². The van der Waals surface area contributed by atoms with Gasteiger partial charge in [-0.05, 0) is 57.0 Å². The molecule has 0 unspecified atom stereocenters. The van der Waals surface area contributed by atoms with Gasteiger partial charge in [-0.1, -0.05) is 6.92 Å². The number of carbonyl (C=O) groups excluding carboxylic acids is 2. The molecule has 0 radical (unpaired) electrons. The van der Waals surface area contributed by atoms with E-state index in [-0.39, 0.29) is 29.3 Å². The molecule has 0 saturated carbocycles. The lowest BCUT2D eigenvalue weighted by Crippen LogP contribution is -2.41. The largest absolute Gasteiger partial charge is 0.383 e. The summed E-state index contributed by atoms with van der Waals surface area (Å²) in [5, 5.41) is 2.81. The fraction of sp³-hybridized carbons (Fsp3) is 0.571. The summed E-state index contributed by atoms with van der Waals surface area (Å²) in [5.41, 5.74) is 8.25. The molecule has 1 amide bonds. The van der Waals surface area contributed by atoms with Gasteiger partial charge in [0, 0.05) is 42.1 Å². The van der Waals surface area contributed by atoms with Gasteiger partial charge in [0.25, 0.3) is 0 Å². The molecular weight excluding hydrogens is 422 g/mol. The van der Waals surface area contributed by atoms with Crippen LogP contribution < -0.4 is 5.73 Å². The number of rotatable bonds is 7. The highest BCUT2D eigenvalue weighted by Crippen LogP contribution is 2.26. The van der Waals surface area contributed by atoms with Crippen LogP contribution in [0.1, 0.15) is 59.4 Å². The number of likely N-dealkylation sites (tertiary alicyclic amines) is 1. The van der Waals surface area contributed by atoms with E-state index in [0.717, 1.165) is 55.0 Å². The van der Waals surface area contributed by atoms with E-state index < -0.39 is 0 Å². The number of piperidine rings is 1. The van der Waals surface area contributed by atoms with Crippen LogP contribution in [0.4, 0.5) is 5.82 Å². The molecule has 0 spiro atoms. The number of Topliss-reactive ketones (excluding diaryl/α,β-unsaturated/α-hetero) is 1. The van der Waals surface area contributed by atoms with Crippen molar-refractivity contribution in [2.24, 2.45) is 11.8 Å². The van der Waals surface area contributed by atoms with Crippen LogP contribution in [-0.2, 0) is 11.2 Å². The summed E-state index contributed by atoms with van der Waals surface area (Å²) in [6.45, 7) is 7.05. The van der Waals surface area contributed by atoms with E-state index in [4.69, 9.17) is 17.3 Å². The maximum atomic E-state index is 12.8. The summed E-state index contributed by atoms with van der Waals surface area (Å²) in [7, 11) is 0. The third-order valence-electron chi connectivity index (χ3n) is 5.77. The number of thiazole rings is 1. The zero-order valence-corrected chi connectivity index (χ0v) is 19.2.